The molecular weight excluding hydrogens is 487 g/mol. The number of hydrogen-bond donors (Lipinski definition) is 0. The predicted molar refractivity (Wildman–Crippen MR) is 118 cm³/mol. The highest BCUT2D eigenvalue weighted by atomic mass is 127. The van der Waals surface area contributed by atoms with Crippen molar-refractivity contribution >= 4 is 51.6 Å². The lowest BCUT2D eigenvalue weighted by atomic mass is 10.1. The summed E-state index contributed by atoms with van der Waals surface area (Å²) >= 11 is 3.13. The number of ether oxygens (including phenoxy) is 1. The van der Waals surface area contributed by atoms with E-state index in [2.05, 4.69) is 28.7 Å². The molecule has 0 radical (unpaired) electrons. The molecule has 7 heteroatoms. The first-order chi connectivity index (χ1) is 13.4. The SMILES string of the molecule is CC(C)N1C(=O)S/C(=C/c2ccc(OCc3ccccc3C#N)c(I)c2)C1=O. The predicted octanol–water partition coefficient (Wildman–Crippen LogP) is 5.19. The molecule has 2 amide bonds. The summed E-state index contributed by atoms with van der Waals surface area (Å²) in [5.41, 5.74) is 2.24. The first kappa shape index (κ1) is 20.4. The Hall–Kier alpha value is -2.31. The smallest absolute Gasteiger partial charge is 0.293 e. The minimum absolute atomic E-state index is 0.161. The Bertz CT molecular complexity index is 1010. The monoisotopic (exact) mass is 504 g/mol. The Balaban J connectivity index is 1.75. The van der Waals surface area contributed by atoms with Gasteiger partial charge >= 0.3 is 0 Å². The van der Waals surface area contributed by atoms with Crippen molar-refractivity contribution in [3.05, 3.63) is 67.6 Å². The second kappa shape index (κ2) is 8.80. The van der Waals surface area contributed by atoms with Crippen LogP contribution in [0.15, 0.2) is 47.4 Å². The standard InChI is InChI=1S/C21H17IN2O3S/c1-13(2)24-20(25)19(28-21(24)26)10-14-7-8-18(17(22)9-14)27-12-16-6-4-3-5-15(16)11-23/h3-10,13H,12H2,1-2H3/b19-10+. The topological polar surface area (TPSA) is 70.4 Å². The number of carbonyl (C=O) groups is 2. The number of halogens is 1. The lowest BCUT2D eigenvalue weighted by Crippen LogP contribution is -2.34. The van der Waals surface area contributed by atoms with Gasteiger partial charge in [0.05, 0.1) is 20.1 Å². The first-order valence-corrected chi connectivity index (χ1v) is 10.5. The average Bonchev–Trinajstić information content (AvgIpc) is 2.94. The number of nitrogens with zero attached hydrogens (tertiary/aromatic N) is 2. The molecule has 0 aromatic heterocycles. The highest BCUT2D eigenvalue weighted by molar-refractivity contribution is 14.1. The minimum Gasteiger partial charge on any atom is -0.488 e. The lowest BCUT2D eigenvalue weighted by molar-refractivity contribution is -0.123. The number of carbonyl (C=O) groups excluding carboxylic acids is 2. The highest BCUT2D eigenvalue weighted by Gasteiger charge is 2.36. The molecule has 0 N–H and O–H groups in total. The maximum Gasteiger partial charge on any atom is 0.293 e. The highest BCUT2D eigenvalue weighted by Crippen LogP contribution is 2.34. The maximum absolute atomic E-state index is 12.4. The van der Waals surface area contributed by atoms with Crippen LogP contribution in [0.5, 0.6) is 5.75 Å². The summed E-state index contributed by atoms with van der Waals surface area (Å²) in [6.07, 6.45) is 1.73. The first-order valence-electron chi connectivity index (χ1n) is 8.58. The van der Waals surface area contributed by atoms with Crippen molar-refractivity contribution in [2.24, 2.45) is 0 Å². The van der Waals surface area contributed by atoms with E-state index >= 15 is 0 Å². The molecule has 28 heavy (non-hydrogen) atoms. The molecule has 1 aliphatic rings. The molecular formula is C21H17IN2O3S. The largest absolute Gasteiger partial charge is 0.488 e. The molecule has 1 heterocycles. The van der Waals surface area contributed by atoms with E-state index in [0.29, 0.717) is 22.8 Å². The van der Waals surface area contributed by atoms with Crippen molar-refractivity contribution in [1.82, 2.24) is 4.90 Å². The normalized spacial score (nSPS) is 15.4. The number of thioether (sulfide) groups is 1. The van der Waals surface area contributed by atoms with Gasteiger partial charge in [-0.15, -0.1) is 0 Å². The van der Waals surface area contributed by atoms with Crippen molar-refractivity contribution in [1.29, 1.82) is 5.26 Å². The van der Waals surface area contributed by atoms with Crippen LogP contribution in [0.2, 0.25) is 0 Å². The molecule has 5 nitrogen and oxygen atoms in total. The average molecular weight is 504 g/mol. The summed E-state index contributed by atoms with van der Waals surface area (Å²) in [6, 6.07) is 14.9. The molecule has 1 fully saturated rings. The fraction of sp³-hybridized carbons (Fsp3) is 0.190. The number of rotatable bonds is 5. The van der Waals surface area contributed by atoms with E-state index < -0.39 is 0 Å². The number of hydrogen-bond acceptors (Lipinski definition) is 5. The van der Waals surface area contributed by atoms with Crippen LogP contribution in [0.4, 0.5) is 4.79 Å². The Morgan fingerprint density at radius 2 is 2.00 bits per heavy atom. The fourth-order valence-electron chi connectivity index (χ4n) is 2.71. The van der Waals surface area contributed by atoms with E-state index in [-0.39, 0.29) is 17.2 Å². The van der Waals surface area contributed by atoms with Crippen LogP contribution < -0.4 is 4.74 Å². The van der Waals surface area contributed by atoms with E-state index in [1.165, 1.54) is 4.90 Å². The van der Waals surface area contributed by atoms with Crippen LogP contribution in [0.25, 0.3) is 6.08 Å². The number of amides is 2. The van der Waals surface area contributed by atoms with E-state index in [0.717, 1.165) is 26.5 Å². The van der Waals surface area contributed by atoms with Crippen molar-refractivity contribution in [3.8, 4) is 11.8 Å². The zero-order valence-corrected chi connectivity index (χ0v) is 18.3. The summed E-state index contributed by atoms with van der Waals surface area (Å²) in [5, 5.41) is 8.93. The molecule has 0 aliphatic carbocycles. The molecule has 142 valence electrons. The third-order valence-corrected chi connectivity index (χ3v) is 5.84. The Morgan fingerprint density at radius 1 is 1.25 bits per heavy atom. The quantitative estimate of drug-likeness (QED) is 0.414. The van der Waals surface area contributed by atoms with Gasteiger partial charge in [0.15, 0.2) is 0 Å². The summed E-state index contributed by atoms with van der Waals surface area (Å²) in [5.74, 6) is 0.439. The minimum atomic E-state index is -0.256. The third-order valence-electron chi connectivity index (χ3n) is 4.11. The zero-order chi connectivity index (χ0) is 20.3. The molecule has 1 saturated heterocycles. The number of benzene rings is 2. The summed E-state index contributed by atoms with van der Waals surface area (Å²) in [7, 11) is 0. The molecule has 0 spiro atoms. The molecule has 2 aromatic carbocycles. The van der Waals surface area contributed by atoms with Gasteiger partial charge in [0.25, 0.3) is 11.1 Å². The molecule has 2 aromatic rings. The van der Waals surface area contributed by atoms with Crippen LogP contribution in [0, 0.1) is 14.9 Å². The molecule has 0 bridgehead atoms. The Morgan fingerprint density at radius 3 is 2.64 bits per heavy atom. The molecule has 3 rings (SSSR count). The van der Waals surface area contributed by atoms with Crippen LogP contribution >= 0.6 is 34.4 Å². The van der Waals surface area contributed by atoms with Crippen molar-refractivity contribution in [3.63, 3.8) is 0 Å². The lowest BCUT2D eigenvalue weighted by Gasteiger charge is -2.16. The van der Waals surface area contributed by atoms with Gasteiger partial charge in [-0.25, -0.2) is 0 Å². The van der Waals surface area contributed by atoms with Crippen molar-refractivity contribution < 1.29 is 14.3 Å². The second-order valence-electron chi connectivity index (χ2n) is 6.39. The van der Waals surface area contributed by atoms with Gasteiger partial charge in [-0.2, -0.15) is 5.26 Å². The molecule has 1 aliphatic heterocycles. The van der Waals surface area contributed by atoms with Crippen LogP contribution in [0.1, 0.15) is 30.5 Å². The molecule has 0 unspecified atom stereocenters. The van der Waals surface area contributed by atoms with Gasteiger partial charge in [0.2, 0.25) is 0 Å². The van der Waals surface area contributed by atoms with E-state index in [9.17, 15) is 9.59 Å². The third kappa shape index (κ3) is 4.39. The van der Waals surface area contributed by atoms with E-state index in [4.69, 9.17) is 10.00 Å². The Labute approximate surface area is 181 Å². The summed E-state index contributed by atoms with van der Waals surface area (Å²) in [4.78, 5) is 26.1. The van der Waals surface area contributed by atoms with Crippen LogP contribution in [-0.4, -0.2) is 22.1 Å². The van der Waals surface area contributed by atoms with Gasteiger partial charge in [-0.1, -0.05) is 24.3 Å². The summed E-state index contributed by atoms with van der Waals surface area (Å²) < 4.78 is 6.74. The van der Waals surface area contributed by atoms with Gasteiger partial charge in [-0.3, -0.25) is 14.5 Å². The van der Waals surface area contributed by atoms with Gasteiger partial charge in [0.1, 0.15) is 12.4 Å². The van der Waals surface area contributed by atoms with Crippen LogP contribution in [0.3, 0.4) is 0 Å². The molecule has 0 atom stereocenters. The van der Waals surface area contributed by atoms with Crippen LogP contribution in [-0.2, 0) is 11.4 Å². The zero-order valence-electron chi connectivity index (χ0n) is 15.3. The fourth-order valence-corrected chi connectivity index (χ4v) is 4.37. The van der Waals surface area contributed by atoms with Gasteiger partial charge < -0.3 is 4.74 Å². The maximum atomic E-state index is 12.4. The van der Waals surface area contributed by atoms with E-state index in [1.54, 1.807) is 12.1 Å². The number of nitriles is 1. The van der Waals surface area contributed by atoms with Crippen molar-refractivity contribution in [2.45, 2.75) is 26.5 Å². The van der Waals surface area contributed by atoms with Gasteiger partial charge in [0, 0.05) is 11.6 Å². The molecule has 0 saturated carbocycles. The van der Waals surface area contributed by atoms with E-state index in [1.807, 2.05) is 50.2 Å². The van der Waals surface area contributed by atoms with Gasteiger partial charge in [-0.05, 0) is 78.0 Å². The second-order valence-corrected chi connectivity index (χ2v) is 8.55. The summed E-state index contributed by atoms with van der Waals surface area (Å²) in [6.45, 7) is 3.93. The van der Waals surface area contributed by atoms with Crippen molar-refractivity contribution in [2.75, 3.05) is 0 Å². The Kier molecular flexibility index (Phi) is 6.42. The number of imide groups is 1.